The largest absolute Gasteiger partial charge is 0.497 e. The van der Waals surface area contributed by atoms with Crippen LogP contribution in [0, 0.1) is 0 Å². The Morgan fingerprint density at radius 2 is 1.97 bits per heavy atom. The van der Waals surface area contributed by atoms with Crippen molar-refractivity contribution in [3.63, 3.8) is 0 Å². The summed E-state index contributed by atoms with van der Waals surface area (Å²) in [5.41, 5.74) is 1.40. The Balaban J connectivity index is 1.70. The zero-order valence-corrected chi connectivity index (χ0v) is 20.8. The summed E-state index contributed by atoms with van der Waals surface area (Å²) in [5, 5.41) is 2.87. The van der Waals surface area contributed by atoms with E-state index >= 15 is 0 Å². The molecule has 1 fully saturated rings. The SMILES string of the molecule is CCN(CC)CCCC(C)NC(=O)C1CSC(c2ccoc2)N1C(=O)c1ccc(OC)cc1. The van der Waals surface area contributed by atoms with Crippen molar-refractivity contribution < 1.29 is 18.7 Å². The van der Waals surface area contributed by atoms with Gasteiger partial charge in [0.1, 0.15) is 17.2 Å². The molecule has 1 aliphatic rings. The highest BCUT2D eigenvalue weighted by Crippen LogP contribution is 2.42. The van der Waals surface area contributed by atoms with Crippen LogP contribution in [0.15, 0.2) is 47.3 Å². The molecule has 3 rings (SSSR count). The third-order valence-electron chi connectivity index (χ3n) is 6.10. The predicted molar refractivity (Wildman–Crippen MR) is 131 cm³/mol. The first kappa shape index (κ1) is 25.2. The molecule has 2 amide bonds. The average Bonchev–Trinajstić information content (AvgIpc) is 3.51. The molecule has 7 nitrogen and oxygen atoms in total. The van der Waals surface area contributed by atoms with Crippen molar-refractivity contribution in [2.45, 2.75) is 51.1 Å². The molecule has 1 aromatic heterocycles. The number of hydrogen-bond acceptors (Lipinski definition) is 6. The van der Waals surface area contributed by atoms with E-state index in [4.69, 9.17) is 9.15 Å². The molecular weight excluding hydrogens is 438 g/mol. The van der Waals surface area contributed by atoms with E-state index in [1.54, 1.807) is 60.6 Å². The van der Waals surface area contributed by atoms with Crippen LogP contribution in [0.3, 0.4) is 0 Å². The summed E-state index contributed by atoms with van der Waals surface area (Å²) in [4.78, 5) is 30.8. The fourth-order valence-corrected chi connectivity index (χ4v) is 5.49. The topological polar surface area (TPSA) is 75.0 Å². The Hall–Kier alpha value is -2.45. The van der Waals surface area contributed by atoms with Gasteiger partial charge in [0.05, 0.1) is 19.6 Å². The molecule has 0 bridgehead atoms. The third kappa shape index (κ3) is 6.32. The Labute approximate surface area is 200 Å². The van der Waals surface area contributed by atoms with Gasteiger partial charge in [0.15, 0.2) is 0 Å². The predicted octanol–water partition coefficient (Wildman–Crippen LogP) is 4.17. The Morgan fingerprint density at radius 1 is 1.24 bits per heavy atom. The zero-order chi connectivity index (χ0) is 23.8. The first-order valence-corrected chi connectivity index (χ1v) is 12.7. The van der Waals surface area contributed by atoms with Crippen molar-refractivity contribution in [1.82, 2.24) is 15.1 Å². The molecule has 3 atom stereocenters. The lowest BCUT2D eigenvalue weighted by atomic mass is 10.1. The van der Waals surface area contributed by atoms with E-state index in [1.807, 2.05) is 13.0 Å². The molecule has 2 aromatic rings. The van der Waals surface area contributed by atoms with E-state index in [1.165, 1.54) is 0 Å². The number of methoxy groups -OCH3 is 1. The quantitative estimate of drug-likeness (QED) is 0.528. The number of rotatable bonds is 11. The highest BCUT2D eigenvalue weighted by molar-refractivity contribution is 7.99. The van der Waals surface area contributed by atoms with Crippen molar-refractivity contribution in [3.05, 3.63) is 54.0 Å². The number of nitrogens with zero attached hydrogens (tertiary/aromatic N) is 2. The van der Waals surface area contributed by atoms with Gasteiger partial charge in [0, 0.05) is 22.9 Å². The summed E-state index contributed by atoms with van der Waals surface area (Å²) in [6.07, 6.45) is 5.16. The van der Waals surface area contributed by atoms with Crippen molar-refractivity contribution in [2.24, 2.45) is 0 Å². The lowest BCUT2D eigenvalue weighted by Crippen LogP contribution is -2.50. The summed E-state index contributed by atoms with van der Waals surface area (Å²) in [5.74, 6) is 0.936. The van der Waals surface area contributed by atoms with Crippen molar-refractivity contribution in [3.8, 4) is 5.75 Å². The number of amides is 2. The number of thioether (sulfide) groups is 1. The fourth-order valence-electron chi connectivity index (χ4n) is 4.08. The minimum atomic E-state index is -0.547. The molecule has 1 N–H and O–H groups in total. The molecule has 180 valence electrons. The van der Waals surface area contributed by atoms with Gasteiger partial charge in [-0.25, -0.2) is 0 Å². The molecule has 3 unspecified atom stereocenters. The Morgan fingerprint density at radius 3 is 2.58 bits per heavy atom. The minimum Gasteiger partial charge on any atom is -0.497 e. The van der Waals surface area contributed by atoms with Crippen LogP contribution in [0.1, 0.15) is 54.9 Å². The van der Waals surface area contributed by atoms with Gasteiger partial charge in [-0.1, -0.05) is 13.8 Å². The zero-order valence-electron chi connectivity index (χ0n) is 20.0. The van der Waals surface area contributed by atoms with Crippen LogP contribution < -0.4 is 10.1 Å². The van der Waals surface area contributed by atoms with E-state index in [9.17, 15) is 9.59 Å². The van der Waals surface area contributed by atoms with E-state index in [2.05, 4.69) is 24.1 Å². The van der Waals surface area contributed by atoms with Gasteiger partial charge < -0.3 is 24.3 Å². The monoisotopic (exact) mass is 473 g/mol. The number of ether oxygens (including phenoxy) is 1. The molecule has 1 saturated heterocycles. The molecule has 0 spiro atoms. The smallest absolute Gasteiger partial charge is 0.255 e. The van der Waals surface area contributed by atoms with Gasteiger partial charge in [-0.2, -0.15) is 0 Å². The van der Waals surface area contributed by atoms with Crippen LogP contribution in [0.2, 0.25) is 0 Å². The summed E-state index contributed by atoms with van der Waals surface area (Å²) >= 11 is 1.58. The second-order valence-electron chi connectivity index (χ2n) is 8.28. The molecule has 0 saturated carbocycles. The maximum atomic E-state index is 13.5. The summed E-state index contributed by atoms with van der Waals surface area (Å²) in [7, 11) is 1.59. The molecule has 8 heteroatoms. The van der Waals surface area contributed by atoms with Crippen LogP contribution in [0.5, 0.6) is 5.75 Å². The van der Waals surface area contributed by atoms with Gasteiger partial charge in [-0.05, 0) is 69.7 Å². The maximum Gasteiger partial charge on any atom is 0.255 e. The number of nitrogens with one attached hydrogen (secondary N) is 1. The van der Waals surface area contributed by atoms with Gasteiger partial charge in [0.2, 0.25) is 5.91 Å². The average molecular weight is 474 g/mol. The first-order chi connectivity index (χ1) is 16.0. The number of furan rings is 1. The third-order valence-corrected chi connectivity index (χ3v) is 7.42. The molecular formula is C25H35N3O4S. The molecule has 1 aromatic carbocycles. The molecule has 0 radical (unpaired) electrons. The standard InChI is InChI=1S/C25H35N3O4S/c1-5-27(6-2)14-7-8-18(3)26-23(29)22-17-33-25(20-13-15-32-16-20)28(22)24(30)19-9-11-21(31-4)12-10-19/h9-13,15-16,18,22,25H,5-8,14,17H2,1-4H3,(H,26,29). The number of benzene rings is 1. The molecule has 2 heterocycles. The van der Waals surface area contributed by atoms with Crippen molar-refractivity contribution in [2.75, 3.05) is 32.5 Å². The van der Waals surface area contributed by atoms with Gasteiger partial charge >= 0.3 is 0 Å². The van der Waals surface area contributed by atoms with Gasteiger partial charge in [-0.3, -0.25) is 9.59 Å². The number of carbonyl (C=O) groups is 2. The van der Waals surface area contributed by atoms with Crippen LogP contribution >= 0.6 is 11.8 Å². The van der Waals surface area contributed by atoms with Crippen LogP contribution in [0.25, 0.3) is 0 Å². The lowest BCUT2D eigenvalue weighted by molar-refractivity contribution is -0.125. The van der Waals surface area contributed by atoms with Crippen LogP contribution in [-0.4, -0.2) is 66.2 Å². The van der Waals surface area contributed by atoms with Crippen molar-refractivity contribution >= 4 is 23.6 Å². The fraction of sp³-hybridized carbons (Fsp3) is 0.520. The number of hydrogen-bond donors (Lipinski definition) is 1. The van der Waals surface area contributed by atoms with Gasteiger partial charge in [0.25, 0.3) is 5.91 Å². The van der Waals surface area contributed by atoms with E-state index in [0.29, 0.717) is 17.1 Å². The molecule has 1 aliphatic heterocycles. The Kier molecular flexibility index (Phi) is 9.26. The van der Waals surface area contributed by atoms with Crippen LogP contribution in [-0.2, 0) is 4.79 Å². The minimum absolute atomic E-state index is 0.0453. The summed E-state index contributed by atoms with van der Waals surface area (Å²) in [6, 6.07) is 8.34. The second-order valence-corrected chi connectivity index (χ2v) is 9.39. The summed E-state index contributed by atoms with van der Waals surface area (Å²) < 4.78 is 10.5. The highest BCUT2D eigenvalue weighted by Gasteiger charge is 2.43. The Bertz CT molecular complexity index is 884. The molecule has 0 aliphatic carbocycles. The molecule has 33 heavy (non-hydrogen) atoms. The highest BCUT2D eigenvalue weighted by atomic mass is 32.2. The normalized spacial score (nSPS) is 19.0. The second kappa shape index (κ2) is 12.1. The maximum absolute atomic E-state index is 13.5. The summed E-state index contributed by atoms with van der Waals surface area (Å²) in [6.45, 7) is 9.46. The van der Waals surface area contributed by atoms with E-state index in [-0.39, 0.29) is 23.2 Å². The van der Waals surface area contributed by atoms with E-state index in [0.717, 1.165) is 38.0 Å². The lowest BCUT2D eigenvalue weighted by Gasteiger charge is -2.29. The number of carbonyl (C=O) groups excluding carboxylic acids is 2. The first-order valence-electron chi connectivity index (χ1n) is 11.6. The van der Waals surface area contributed by atoms with E-state index < -0.39 is 6.04 Å². The van der Waals surface area contributed by atoms with Crippen LogP contribution in [0.4, 0.5) is 0 Å². The van der Waals surface area contributed by atoms with Crippen molar-refractivity contribution in [1.29, 1.82) is 0 Å². The van der Waals surface area contributed by atoms with Gasteiger partial charge in [-0.15, -0.1) is 11.8 Å².